The zero-order valence-electron chi connectivity index (χ0n) is 35.5. The van der Waals surface area contributed by atoms with Crippen LogP contribution in [0.25, 0.3) is 0 Å². The summed E-state index contributed by atoms with van der Waals surface area (Å²) in [6.07, 6.45) is -1.10. The van der Waals surface area contributed by atoms with Gasteiger partial charge in [-0.05, 0) is 45.9 Å². The maximum absolute atomic E-state index is 14.1. The number of halogens is 7. The van der Waals surface area contributed by atoms with E-state index < -0.39 is 58.5 Å². The normalized spacial score (nSPS) is 15.1. The predicted molar refractivity (Wildman–Crippen MR) is 229 cm³/mol. The van der Waals surface area contributed by atoms with Gasteiger partial charge in [0.2, 0.25) is 5.82 Å². The summed E-state index contributed by atoms with van der Waals surface area (Å²) in [6, 6.07) is 17.9. The van der Waals surface area contributed by atoms with E-state index in [0.29, 0.717) is 34.1 Å². The molecular weight excluding hydrogens is 909 g/mol. The molecule has 0 aliphatic carbocycles. The standard InChI is InChI=1S/C27H39N2.C19H13F5NO3.2ClH.Ru/c1-18(2)22-11-9-12-23(19(3)4)26(22)28-15-16-29(17-28)27-24(20(5)6)13-10-14-25(27)21(7)8;1-7(2)16-19(27)25(9-6-4-5-8(3)17(9)28-16)18(26)10-11(20)13(22)15(24)14(23)12(10)21;;;/h9-14,17-21H,15-16H2,1-8H3;4-7,16H,3H2,1-2H3;2*1H;/q2*-1;;;+1/p-1. The second-order valence-electron chi connectivity index (χ2n) is 16.3. The van der Waals surface area contributed by atoms with Crippen LogP contribution in [0.2, 0.25) is 0 Å². The van der Waals surface area contributed by atoms with E-state index in [9.17, 15) is 31.5 Å². The molecule has 60 heavy (non-hydrogen) atoms. The van der Waals surface area contributed by atoms with Crippen molar-refractivity contribution >= 4 is 48.3 Å². The van der Waals surface area contributed by atoms with Crippen LogP contribution < -0.4 is 14.7 Å². The number of benzene rings is 4. The van der Waals surface area contributed by atoms with E-state index in [1.165, 1.54) is 51.8 Å². The number of amides is 2. The van der Waals surface area contributed by atoms with Gasteiger partial charge in [-0.15, -0.1) is 6.07 Å². The zero-order valence-corrected chi connectivity index (χ0v) is 38.7. The molecule has 0 aromatic heterocycles. The first-order chi connectivity index (χ1) is 28.2. The predicted octanol–water partition coefficient (Wildman–Crippen LogP) is 13.0. The third kappa shape index (κ3) is 10.1. The molecule has 0 bridgehead atoms. The van der Waals surface area contributed by atoms with Crippen molar-refractivity contribution in [3.63, 3.8) is 0 Å². The summed E-state index contributed by atoms with van der Waals surface area (Å²) >= 11 is -0.346. The monoisotopic (exact) mass is 962 g/mol. The van der Waals surface area contributed by atoms with Crippen LogP contribution in [0, 0.1) is 48.6 Å². The fraction of sp³-hybridized carbons (Fsp3) is 0.391. The second-order valence-corrected chi connectivity index (χ2v) is 18.9. The quantitative estimate of drug-likeness (QED) is 0.0336. The molecule has 2 aliphatic rings. The fourth-order valence-corrected chi connectivity index (χ4v) is 7.43. The summed E-state index contributed by atoms with van der Waals surface area (Å²) < 4.78 is 72.9. The summed E-state index contributed by atoms with van der Waals surface area (Å²) in [5, 5.41) is 0. The van der Waals surface area contributed by atoms with Gasteiger partial charge in [-0.2, -0.15) is 19.7 Å². The van der Waals surface area contributed by atoms with Gasteiger partial charge in [0, 0.05) is 30.4 Å². The van der Waals surface area contributed by atoms with Gasteiger partial charge in [0.1, 0.15) is 5.56 Å². The molecule has 4 aromatic rings. The molecule has 1 atom stereocenters. The zero-order chi connectivity index (χ0) is 44.9. The second kappa shape index (κ2) is 20.8. The number of anilines is 3. The number of imide groups is 1. The van der Waals surface area contributed by atoms with Crippen molar-refractivity contribution in [3.05, 3.63) is 131 Å². The van der Waals surface area contributed by atoms with Crippen molar-refractivity contribution in [1.82, 2.24) is 0 Å². The van der Waals surface area contributed by atoms with Gasteiger partial charge in [0.25, 0.3) is 12.0 Å². The number of aliphatic hydroxyl groups is 1. The number of carbonyl (C=O) groups excluding carboxylic acids is 2. The molecule has 6 rings (SSSR count). The molecular formula is C46H53Cl2F5N3O3Ru-2. The van der Waals surface area contributed by atoms with Gasteiger partial charge in [-0.1, -0.05) is 117 Å². The first kappa shape index (κ1) is 48.8. The molecule has 0 saturated carbocycles. The molecule has 1 unspecified atom stereocenters. The fourth-order valence-electron chi connectivity index (χ4n) is 7.43. The summed E-state index contributed by atoms with van der Waals surface area (Å²) in [4.78, 5) is 31.0. The molecule has 2 heterocycles. The van der Waals surface area contributed by atoms with Crippen LogP contribution in [0.5, 0.6) is 5.75 Å². The van der Waals surface area contributed by atoms with Crippen LogP contribution in [0.15, 0.2) is 54.6 Å². The summed E-state index contributed by atoms with van der Waals surface area (Å²) in [5.74, 6) is -12.4. The number of para-hydroxylation sites is 3. The molecule has 1 fully saturated rings. The van der Waals surface area contributed by atoms with E-state index in [1.807, 2.05) is 0 Å². The van der Waals surface area contributed by atoms with Crippen LogP contribution in [0.4, 0.5) is 39.0 Å². The van der Waals surface area contributed by atoms with Gasteiger partial charge in [0.15, 0.2) is 29.0 Å². The van der Waals surface area contributed by atoms with E-state index in [1.54, 1.807) is 13.8 Å². The van der Waals surface area contributed by atoms with Crippen LogP contribution in [-0.2, 0) is 19.9 Å². The van der Waals surface area contributed by atoms with Crippen LogP contribution in [-0.4, -0.2) is 35.7 Å². The van der Waals surface area contributed by atoms with Gasteiger partial charge in [-0.3, -0.25) is 9.59 Å². The Labute approximate surface area is 367 Å². The Balaban J connectivity index is 0.000000249. The van der Waals surface area contributed by atoms with E-state index in [0.717, 1.165) is 13.1 Å². The summed E-state index contributed by atoms with van der Waals surface area (Å²) in [7, 11) is 9.71. The van der Waals surface area contributed by atoms with Gasteiger partial charge in [0.05, 0.1) is 5.69 Å². The molecule has 1 saturated heterocycles. The maximum atomic E-state index is 14.1. The number of carbonyl (C=O) groups is 2. The van der Waals surface area contributed by atoms with E-state index >= 15 is 0 Å². The van der Waals surface area contributed by atoms with Crippen molar-refractivity contribution in [2.45, 2.75) is 99.0 Å². The average Bonchev–Trinajstić information content (AvgIpc) is 3.69. The summed E-state index contributed by atoms with van der Waals surface area (Å²) in [6.45, 7) is 29.9. The van der Waals surface area contributed by atoms with E-state index in [2.05, 4.69) is 120 Å². The third-order valence-electron chi connectivity index (χ3n) is 10.5. The molecule has 2 aliphatic heterocycles. The van der Waals surface area contributed by atoms with E-state index in [-0.39, 0.29) is 26.6 Å². The van der Waals surface area contributed by atoms with Crippen molar-refractivity contribution in [2.24, 2.45) is 5.92 Å². The number of hydrogen-bond donors (Lipinski definition) is 0. The number of hydrogen-bond acceptors (Lipinski definition) is 4. The SMILES string of the molecule is CC(C)c1cccc(C(C)C)c1N1[CH-]N(c2c(C(C)C)cccc2C(C)C)CC1.[CH2-]c1cccc2c1[OH+]C(C(C)C)C(=O)N2C(=O)c1c(F)c(F)c(F)c(F)c1F.[Cl][Ru-][Cl]. The minimum atomic E-state index is -2.40. The number of ether oxygens (including phenoxy) is 1. The molecule has 4 aromatic carbocycles. The average molecular weight is 963 g/mol. The Bertz CT molecular complexity index is 2030. The van der Waals surface area contributed by atoms with Crippen LogP contribution in [0.3, 0.4) is 0 Å². The van der Waals surface area contributed by atoms with Gasteiger partial charge >= 0.3 is 40.4 Å². The molecule has 1 N–H and O–H groups in total. The Morgan fingerprint density at radius 3 is 1.42 bits per heavy atom. The van der Waals surface area contributed by atoms with Gasteiger partial charge < -0.3 is 14.5 Å². The number of fused-ring (bicyclic) bond motifs is 1. The van der Waals surface area contributed by atoms with Crippen LogP contribution >= 0.6 is 19.4 Å². The van der Waals surface area contributed by atoms with Crippen molar-refractivity contribution in [1.29, 1.82) is 0 Å². The first-order valence-electron chi connectivity index (χ1n) is 19.8. The van der Waals surface area contributed by atoms with Crippen LogP contribution in [0.1, 0.15) is 131 Å². The Morgan fingerprint density at radius 2 is 1.05 bits per heavy atom. The molecule has 2 amide bonds. The topological polar surface area (TPSA) is 56.7 Å². The molecule has 0 spiro atoms. The minimum absolute atomic E-state index is 0.123. The van der Waals surface area contributed by atoms with Gasteiger partial charge in [-0.25, -0.2) is 26.9 Å². The Morgan fingerprint density at radius 1 is 0.683 bits per heavy atom. The summed E-state index contributed by atoms with van der Waals surface area (Å²) in [5.41, 5.74) is 7.13. The molecule has 329 valence electrons. The number of aromatic hydroxyl groups is 1. The molecule has 0 radical (unpaired) electrons. The van der Waals surface area contributed by atoms with Crippen molar-refractivity contribution in [2.75, 3.05) is 27.8 Å². The Kier molecular flexibility index (Phi) is 16.9. The van der Waals surface area contributed by atoms with Crippen molar-refractivity contribution < 1.29 is 51.4 Å². The van der Waals surface area contributed by atoms with Crippen molar-refractivity contribution in [3.8, 4) is 5.75 Å². The Hall–Kier alpha value is -3.86. The number of rotatable bonds is 8. The molecule has 6 nitrogen and oxygen atoms in total. The number of nitrogens with zero attached hydrogens (tertiary/aromatic N) is 3. The van der Waals surface area contributed by atoms with E-state index in [4.69, 9.17) is 19.4 Å². The first-order valence-corrected chi connectivity index (χ1v) is 24.2. The third-order valence-corrected chi connectivity index (χ3v) is 10.5. The molecule has 14 heteroatoms.